The summed E-state index contributed by atoms with van der Waals surface area (Å²) in [6.07, 6.45) is 1.00. The maximum Gasteiger partial charge on any atom is 0.148 e. The van der Waals surface area contributed by atoms with Crippen molar-refractivity contribution in [1.82, 2.24) is 10.2 Å². The van der Waals surface area contributed by atoms with Gasteiger partial charge in [-0.05, 0) is 25.5 Å². The molecule has 0 saturated heterocycles. The maximum absolute atomic E-state index is 5.72. The molecule has 0 radical (unpaired) electrons. The van der Waals surface area contributed by atoms with Gasteiger partial charge in [0.05, 0.1) is 12.3 Å². The predicted octanol–water partition coefficient (Wildman–Crippen LogP) is 2.76. The second-order valence-corrected chi connectivity index (χ2v) is 3.99. The number of nitrogen functional groups attached to an aromatic ring is 1. The summed E-state index contributed by atoms with van der Waals surface area (Å²) in [5.74, 6) is 1.41. The van der Waals surface area contributed by atoms with Crippen molar-refractivity contribution in [1.29, 1.82) is 0 Å². The first-order valence-electron chi connectivity index (χ1n) is 5.76. The number of nitrogens with one attached hydrogen (secondary N) is 1. The van der Waals surface area contributed by atoms with Crippen molar-refractivity contribution in [3.05, 3.63) is 29.8 Å². The van der Waals surface area contributed by atoms with Gasteiger partial charge in [-0.15, -0.1) is 0 Å². The standard InChI is InChI=1S/C13H17N3O/c1-3-7-17-11-6-4-5-10(8-11)12-9(2)13(14)16-15-12/h4-6,8H,3,7H2,1-2H3,(H3,14,15,16). The number of rotatable bonds is 4. The Morgan fingerprint density at radius 1 is 1.41 bits per heavy atom. The number of nitrogens with zero attached hydrogens (tertiary/aromatic N) is 1. The zero-order valence-electron chi connectivity index (χ0n) is 10.2. The van der Waals surface area contributed by atoms with E-state index in [1.54, 1.807) is 0 Å². The Labute approximate surface area is 101 Å². The molecule has 4 nitrogen and oxygen atoms in total. The molecular weight excluding hydrogens is 214 g/mol. The van der Waals surface area contributed by atoms with Gasteiger partial charge in [0.25, 0.3) is 0 Å². The van der Waals surface area contributed by atoms with Crippen molar-refractivity contribution < 1.29 is 4.74 Å². The van der Waals surface area contributed by atoms with Crippen LogP contribution in [0.2, 0.25) is 0 Å². The van der Waals surface area contributed by atoms with Crippen LogP contribution >= 0.6 is 0 Å². The first-order chi connectivity index (χ1) is 8.22. The Balaban J connectivity index is 2.30. The molecule has 2 aromatic rings. The average Bonchev–Trinajstić information content (AvgIpc) is 2.68. The van der Waals surface area contributed by atoms with Crippen LogP contribution in [0, 0.1) is 6.92 Å². The van der Waals surface area contributed by atoms with Crippen molar-refractivity contribution in [2.45, 2.75) is 20.3 Å². The summed E-state index contributed by atoms with van der Waals surface area (Å²) in [5, 5.41) is 6.94. The quantitative estimate of drug-likeness (QED) is 0.850. The van der Waals surface area contributed by atoms with Crippen LogP contribution in [-0.4, -0.2) is 16.8 Å². The van der Waals surface area contributed by atoms with Crippen LogP contribution < -0.4 is 10.5 Å². The number of aromatic nitrogens is 2. The lowest BCUT2D eigenvalue weighted by Gasteiger charge is -2.06. The predicted molar refractivity (Wildman–Crippen MR) is 69.0 cm³/mol. The fourth-order valence-electron chi connectivity index (χ4n) is 1.65. The molecule has 0 aliphatic heterocycles. The summed E-state index contributed by atoms with van der Waals surface area (Å²) in [7, 11) is 0. The van der Waals surface area contributed by atoms with Crippen molar-refractivity contribution >= 4 is 5.82 Å². The topological polar surface area (TPSA) is 63.9 Å². The highest BCUT2D eigenvalue weighted by atomic mass is 16.5. The van der Waals surface area contributed by atoms with Gasteiger partial charge in [-0.3, -0.25) is 5.10 Å². The average molecular weight is 231 g/mol. The number of hydrogen-bond donors (Lipinski definition) is 2. The Kier molecular flexibility index (Phi) is 3.32. The molecule has 0 aliphatic carbocycles. The number of hydrogen-bond acceptors (Lipinski definition) is 3. The molecule has 0 unspecified atom stereocenters. The van der Waals surface area contributed by atoms with Gasteiger partial charge >= 0.3 is 0 Å². The third kappa shape index (κ3) is 2.41. The highest BCUT2D eigenvalue weighted by molar-refractivity contribution is 5.68. The Hall–Kier alpha value is -1.97. The van der Waals surface area contributed by atoms with E-state index in [-0.39, 0.29) is 0 Å². The van der Waals surface area contributed by atoms with Crippen LogP contribution in [0.4, 0.5) is 5.82 Å². The molecule has 1 heterocycles. The van der Waals surface area contributed by atoms with E-state index in [9.17, 15) is 0 Å². The zero-order valence-corrected chi connectivity index (χ0v) is 10.2. The molecule has 0 spiro atoms. The van der Waals surface area contributed by atoms with Gasteiger partial charge in [0.2, 0.25) is 0 Å². The van der Waals surface area contributed by atoms with E-state index in [2.05, 4.69) is 17.1 Å². The lowest BCUT2D eigenvalue weighted by molar-refractivity contribution is 0.317. The smallest absolute Gasteiger partial charge is 0.148 e. The van der Waals surface area contributed by atoms with Crippen molar-refractivity contribution in [2.24, 2.45) is 0 Å². The summed E-state index contributed by atoms with van der Waals surface area (Å²) in [5.41, 5.74) is 8.68. The van der Waals surface area contributed by atoms with Crippen LogP contribution in [0.5, 0.6) is 5.75 Å². The molecule has 17 heavy (non-hydrogen) atoms. The number of anilines is 1. The Morgan fingerprint density at radius 2 is 2.24 bits per heavy atom. The van der Waals surface area contributed by atoms with Crippen molar-refractivity contribution in [3.8, 4) is 17.0 Å². The van der Waals surface area contributed by atoms with Crippen molar-refractivity contribution in [3.63, 3.8) is 0 Å². The number of benzene rings is 1. The molecule has 90 valence electrons. The van der Waals surface area contributed by atoms with E-state index in [1.165, 1.54) is 0 Å². The lowest BCUT2D eigenvalue weighted by atomic mass is 10.1. The fraction of sp³-hybridized carbons (Fsp3) is 0.308. The number of H-pyrrole nitrogens is 1. The van der Waals surface area contributed by atoms with Crippen LogP contribution in [0.25, 0.3) is 11.3 Å². The van der Waals surface area contributed by atoms with Crippen LogP contribution in [0.15, 0.2) is 24.3 Å². The molecule has 0 bridgehead atoms. The largest absolute Gasteiger partial charge is 0.494 e. The van der Waals surface area contributed by atoms with Gasteiger partial charge in [0.1, 0.15) is 11.6 Å². The van der Waals surface area contributed by atoms with Gasteiger partial charge in [-0.25, -0.2) is 0 Å². The van der Waals surface area contributed by atoms with Crippen LogP contribution in [0.1, 0.15) is 18.9 Å². The van der Waals surface area contributed by atoms with Crippen molar-refractivity contribution in [2.75, 3.05) is 12.3 Å². The SMILES string of the molecule is CCCOc1cccc(-c2[nH]nc(N)c2C)c1. The van der Waals surface area contributed by atoms with E-state index in [0.717, 1.165) is 35.6 Å². The van der Waals surface area contributed by atoms with Gasteiger partial charge < -0.3 is 10.5 Å². The molecule has 0 aliphatic rings. The molecule has 0 fully saturated rings. The Bertz CT molecular complexity index is 505. The van der Waals surface area contributed by atoms with Crippen LogP contribution in [0.3, 0.4) is 0 Å². The van der Waals surface area contributed by atoms with E-state index < -0.39 is 0 Å². The summed E-state index contributed by atoms with van der Waals surface area (Å²) >= 11 is 0. The number of aromatic amines is 1. The minimum atomic E-state index is 0.542. The van der Waals surface area contributed by atoms with Gasteiger partial charge in [0, 0.05) is 11.1 Å². The summed E-state index contributed by atoms with van der Waals surface area (Å²) in [4.78, 5) is 0. The second-order valence-electron chi connectivity index (χ2n) is 3.99. The summed E-state index contributed by atoms with van der Waals surface area (Å²) in [6, 6.07) is 7.93. The zero-order chi connectivity index (χ0) is 12.3. The molecule has 1 aromatic carbocycles. The van der Waals surface area contributed by atoms with E-state index in [4.69, 9.17) is 10.5 Å². The second kappa shape index (κ2) is 4.91. The van der Waals surface area contributed by atoms with E-state index in [1.807, 2.05) is 31.2 Å². The molecule has 3 N–H and O–H groups in total. The Morgan fingerprint density at radius 3 is 2.88 bits per heavy atom. The fourth-order valence-corrected chi connectivity index (χ4v) is 1.65. The molecule has 0 saturated carbocycles. The molecule has 0 amide bonds. The molecule has 0 atom stereocenters. The molecular formula is C13H17N3O. The molecule has 1 aromatic heterocycles. The first kappa shape index (κ1) is 11.5. The van der Waals surface area contributed by atoms with Gasteiger partial charge in [-0.1, -0.05) is 19.1 Å². The first-order valence-corrected chi connectivity index (χ1v) is 5.76. The van der Waals surface area contributed by atoms with E-state index in [0.29, 0.717) is 5.82 Å². The van der Waals surface area contributed by atoms with Crippen LogP contribution in [-0.2, 0) is 0 Å². The highest BCUT2D eigenvalue weighted by Crippen LogP contribution is 2.27. The van der Waals surface area contributed by atoms with E-state index >= 15 is 0 Å². The maximum atomic E-state index is 5.72. The number of nitrogens with two attached hydrogens (primary N) is 1. The third-order valence-corrected chi connectivity index (χ3v) is 2.64. The minimum Gasteiger partial charge on any atom is -0.494 e. The highest BCUT2D eigenvalue weighted by Gasteiger charge is 2.08. The minimum absolute atomic E-state index is 0.542. The van der Waals surface area contributed by atoms with Gasteiger partial charge in [-0.2, -0.15) is 5.10 Å². The summed E-state index contributed by atoms with van der Waals surface area (Å²) < 4.78 is 5.60. The third-order valence-electron chi connectivity index (χ3n) is 2.64. The van der Waals surface area contributed by atoms with Gasteiger partial charge in [0.15, 0.2) is 0 Å². The normalized spacial score (nSPS) is 10.5. The lowest BCUT2D eigenvalue weighted by Crippen LogP contribution is -1.95. The molecule has 4 heteroatoms. The molecule has 2 rings (SSSR count). The monoisotopic (exact) mass is 231 g/mol. The summed E-state index contributed by atoms with van der Waals surface area (Å²) in [6.45, 7) is 4.77. The number of ether oxygens (including phenoxy) is 1.